The molecule has 1 saturated carbocycles. The van der Waals surface area contributed by atoms with Crippen molar-refractivity contribution in [2.75, 3.05) is 11.1 Å². The second-order valence-corrected chi connectivity index (χ2v) is 5.02. The van der Waals surface area contributed by atoms with E-state index in [9.17, 15) is 14.9 Å². The van der Waals surface area contributed by atoms with E-state index in [1.165, 1.54) is 12.3 Å². The van der Waals surface area contributed by atoms with Gasteiger partial charge < -0.3 is 15.6 Å². The zero-order valence-corrected chi connectivity index (χ0v) is 11.2. The summed E-state index contributed by atoms with van der Waals surface area (Å²) in [6, 6.07) is 8.36. The summed E-state index contributed by atoms with van der Waals surface area (Å²) < 4.78 is 1.67. The summed E-state index contributed by atoms with van der Waals surface area (Å²) >= 11 is 0. The van der Waals surface area contributed by atoms with Crippen LogP contribution < -0.4 is 11.1 Å². The number of carbonyl (C=O) groups is 1. The van der Waals surface area contributed by atoms with Crippen molar-refractivity contribution in [1.29, 1.82) is 0 Å². The van der Waals surface area contributed by atoms with Gasteiger partial charge >= 0.3 is 0 Å². The molecule has 1 fully saturated rings. The fourth-order valence-electron chi connectivity index (χ4n) is 2.20. The number of nitro groups is 1. The molecule has 0 spiro atoms. The first-order chi connectivity index (χ1) is 10.1. The zero-order chi connectivity index (χ0) is 15.0. The van der Waals surface area contributed by atoms with Gasteiger partial charge in [-0.2, -0.15) is 0 Å². The maximum absolute atomic E-state index is 12.3. The molecular formula is C14H14N4O3. The molecule has 1 aromatic carbocycles. The molecule has 2 aromatic rings. The van der Waals surface area contributed by atoms with Crippen LogP contribution in [0.4, 0.5) is 17.1 Å². The van der Waals surface area contributed by atoms with Crippen molar-refractivity contribution in [2.24, 2.45) is 0 Å². The van der Waals surface area contributed by atoms with Crippen molar-refractivity contribution in [2.45, 2.75) is 18.9 Å². The summed E-state index contributed by atoms with van der Waals surface area (Å²) in [5.74, 6) is -0.395. The normalized spacial score (nSPS) is 13.9. The van der Waals surface area contributed by atoms with E-state index in [1.54, 1.807) is 28.8 Å². The zero-order valence-electron chi connectivity index (χ0n) is 11.2. The lowest BCUT2D eigenvalue weighted by Crippen LogP contribution is -2.17. The number of para-hydroxylation sites is 2. The van der Waals surface area contributed by atoms with Crippen molar-refractivity contribution < 1.29 is 9.72 Å². The van der Waals surface area contributed by atoms with Gasteiger partial charge in [-0.05, 0) is 25.0 Å². The fourth-order valence-corrected chi connectivity index (χ4v) is 2.20. The third kappa shape index (κ3) is 2.58. The Morgan fingerprint density at radius 2 is 2.10 bits per heavy atom. The molecule has 0 bridgehead atoms. The first kappa shape index (κ1) is 13.2. The number of hydrogen-bond acceptors (Lipinski definition) is 4. The Morgan fingerprint density at radius 1 is 1.38 bits per heavy atom. The second-order valence-electron chi connectivity index (χ2n) is 5.02. The van der Waals surface area contributed by atoms with Crippen molar-refractivity contribution in [3.63, 3.8) is 0 Å². The summed E-state index contributed by atoms with van der Waals surface area (Å²) in [7, 11) is 0. The van der Waals surface area contributed by atoms with Crippen LogP contribution in [0.5, 0.6) is 0 Å². The first-order valence-corrected chi connectivity index (χ1v) is 6.58. The average Bonchev–Trinajstić information content (AvgIpc) is 3.19. The highest BCUT2D eigenvalue weighted by molar-refractivity contribution is 6.05. The van der Waals surface area contributed by atoms with Crippen LogP contribution in [-0.2, 0) is 0 Å². The Morgan fingerprint density at radius 3 is 2.71 bits per heavy atom. The number of rotatable bonds is 4. The molecule has 7 nitrogen and oxygen atoms in total. The van der Waals surface area contributed by atoms with E-state index in [1.807, 2.05) is 0 Å². The second kappa shape index (κ2) is 4.93. The number of anilines is 2. The lowest BCUT2D eigenvalue weighted by atomic mass is 10.2. The average molecular weight is 286 g/mol. The standard InChI is InChI=1S/C14H14N4O3/c15-11-3-1-2-4-12(11)16-14(19)13-7-10(18(20)21)8-17(13)9-5-6-9/h1-4,7-9H,5-6,15H2,(H,16,19). The number of hydrogen-bond donors (Lipinski definition) is 2. The van der Waals surface area contributed by atoms with E-state index in [0.717, 1.165) is 12.8 Å². The Hall–Kier alpha value is -2.83. The highest BCUT2D eigenvalue weighted by Gasteiger charge is 2.30. The first-order valence-electron chi connectivity index (χ1n) is 6.58. The van der Waals surface area contributed by atoms with Crippen LogP contribution in [0.2, 0.25) is 0 Å². The molecule has 108 valence electrons. The van der Waals surface area contributed by atoms with Gasteiger partial charge in [0.25, 0.3) is 11.6 Å². The third-order valence-electron chi connectivity index (χ3n) is 3.43. The largest absolute Gasteiger partial charge is 0.397 e. The molecule has 0 atom stereocenters. The van der Waals surface area contributed by atoms with E-state index in [-0.39, 0.29) is 17.4 Å². The highest BCUT2D eigenvalue weighted by Crippen LogP contribution is 2.38. The van der Waals surface area contributed by atoms with E-state index in [0.29, 0.717) is 11.4 Å². The molecule has 1 aromatic heterocycles. The van der Waals surface area contributed by atoms with Gasteiger partial charge in [0.2, 0.25) is 0 Å². The minimum Gasteiger partial charge on any atom is -0.397 e. The molecule has 0 radical (unpaired) electrons. The van der Waals surface area contributed by atoms with Crippen molar-refractivity contribution in [1.82, 2.24) is 4.57 Å². The molecule has 1 aliphatic rings. The van der Waals surface area contributed by atoms with Gasteiger partial charge in [-0.1, -0.05) is 12.1 Å². The predicted molar refractivity (Wildman–Crippen MR) is 78.2 cm³/mol. The maximum Gasteiger partial charge on any atom is 0.287 e. The Labute approximate surface area is 120 Å². The summed E-state index contributed by atoms with van der Waals surface area (Å²) in [4.78, 5) is 22.7. The number of benzene rings is 1. The van der Waals surface area contributed by atoms with Gasteiger partial charge in [0.1, 0.15) is 5.69 Å². The number of nitrogens with one attached hydrogen (secondary N) is 1. The smallest absolute Gasteiger partial charge is 0.287 e. The lowest BCUT2D eigenvalue weighted by Gasteiger charge is -2.09. The van der Waals surface area contributed by atoms with Gasteiger partial charge in [-0.25, -0.2) is 0 Å². The molecule has 3 N–H and O–H groups in total. The summed E-state index contributed by atoms with van der Waals surface area (Å²) in [5, 5.41) is 13.6. The molecule has 3 rings (SSSR count). The minimum atomic E-state index is -0.494. The Balaban J connectivity index is 1.90. The van der Waals surface area contributed by atoms with Crippen LogP contribution in [0.15, 0.2) is 36.5 Å². The summed E-state index contributed by atoms with van der Waals surface area (Å²) in [6.45, 7) is 0. The van der Waals surface area contributed by atoms with E-state index >= 15 is 0 Å². The molecule has 1 aliphatic carbocycles. The Kier molecular flexibility index (Phi) is 3.09. The summed E-state index contributed by atoms with van der Waals surface area (Å²) in [6.07, 6.45) is 3.28. The van der Waals surface area contributed by atoms with Gasteiger partial charge in [0, 0.05) is 12.1 Å². The number of nitrogens with two attached hydrogens (primary N) is 1. The fraction of sp³-hybridized carbons (Fsp3) is 0.214. The maximum atomic E-state index is 12.3. The number of amides is 1. The topological polar surface area (TPSA) is 103 Å². The third-order valence-corrected chi connectivity index (χ3v) is 3.43. The molecule has 1 amide bonds. The number of nitrogens with zero attached hydrogens (tertiary/aromatic N) is 2. The minimum absolute atomic E-state index is 0.0758. The quantitative estimate of drug-likeness (QED) is 0.512. The van der Waals surface area contributed by atoms with Crippen LogP contribution in [0, 0.1) is 10.1 Å². The number of carbonyl (C=O) groups excluding carboxylic acids is 1. The number of aromatic nitrogens is 1. The SMILES string of the molecule is Nc1ccccc1NC(=O)c1cc([N+](=O)[O-])cn1C1CC1. The van der Waals surface area contributed by atoms with E-state index < -0.39 is 10.8 Å². The van der Waals surface area contributed by atoms with Crippen LogP contribution in [0.3, 0.4) is 0 Å². The van der Waals surface area contributed by atoms with E-state index in [4.69, 9.17) is 5.73 Å². The van der Waals surface area contributed by atoms with Crippen LogP contribution >= 0.6 is 0 Å². The van der Waals surface area contributed by atoms with Crippen LogP contribution in [0.1, 0.15) is 29.4 Å². The Bertz CT molecular complexity index is 719. The monoisotopic (exact) mass is 286 g/mol. The molecule has 0 unspecified atom stereocenters. The summed E-state index contributed by atoms with van der Waals surface area (Å²) in [5.41, 5.74) is 6.93. The van der Waals surface area contributed by atoms with Gasteiger partial charge in [-0.15, -0.1) is 0 Å². The van der Waals surface area contributed by atoms with Crippen molar-refractivity contribution in [3.05, 3.63) is 52.3 Å². The van der Waals surface area contributed by atoms with Gasteiger partial charge in [0.15, 0.2) is 0 Å². The molecule has 0 aliphatic heterocycles. The van der Waals surface area contributed by atoms with Crippen LogP contribution in [0.25, 0.3) is 0 Å². The molecular weight excluding hydrogens is 272 g/mol. The lowest BCUT2D eigenvalue weighted by molar-refractivity contribution is -0.384. The van der Waals surface area contributed by atoms with Crippen LogP contribution in [-0.4, -0.2) is 15.4 Å². The van der Waals surface area contributed by atoms with Gasteiger partial charge in [-0.3, -0.25) is 14.9 Å². The van der Waals surface area contributed by atoms with Crippen molar-refractivity contribution in [3.8, 4) is 0 Å². The molecule has 1 heterocycles. The van der Waals surface area contributed by atoms with Crippen molar-refractivity contribution >= 4 is 23.0 Å². The molecule has 7 heteroatoms. The highest BCUT2D eigenvalue weighted by atomic mass is 16.6. The molecule has 0 saturated heterocycles. The predicted octanol–water partition coefficient (Wildman–Crippen LogP) is 2.57. The van der Waals surface area contributed by atoms with Gasteiger partial charge in [0.05, 0.1) is 22.5 Å². The molecule has 21 heavy (non-hydrogen) atoms. The number of nitrogen functional groups attached to an aromatic ring is 1. The van der Waals surface area contributed by atoms with E-state index in [2.05, 4.69) is 5.32 Å².